The van der Waals surface area contributed by atoms with Crippen LogP contribution in [0.5, 0.6) is 0 Å². The maximum Gasteiger partial charge on any atom is 0.261 e. The fourth-order valence-electron chi connectivity index (χ4n) is 4.35. The maximum absolute atomic E-state index is 13.1. The van der Waals surface area contributed by atoms with E-state index in [1.807, 2.05) is 18.2 Å². The van der Waals surface area contributed by atoms with Crippen LogP contribution < -0.4 is 16.6 Å². The van der Waals surface area contributed by atoms with E-state index >= 15 is 0 Å². The summed E-state index contributed by atoms with van der Waals surface area (Å²) in [4.78, 5) is 32.5. The fraction of sp³-hybridized carbons (Fsp3) is 0.308. The monoisotopic (exact) mass is 492 g/mol. The molecule has 0 unspecified atom stereocenters. The highest BCUT2D eigenvalue weighted by Crippen LogP contribution is 2.20. The average Bonchev–Trinajstić information content (AvgIpc) is 2.85. The van der Waals surface area contributed by atoms with Crippen LogP contribution in [0.2, 0.25) is 0 Å². The first-order valence-corrected chi connectivity index (χ1v) is 11.9. The van der Waals surface area contributed by atoms with Crippen LogP contribution in [0.4, 0.5) is 0 Å². The quantitative estimate of drug-likeness (QED) is 0.438. The van der Waals surface area contributed by atoms with Crippen molar-refractivity contribution in [1.82, 2.24) is 19.8 Å². The second-order valence-electron chi connectivity index (χ2n) is 8.96. The predicted octanol–water partition coefficient (Wildman–Crippen LogP) is 3.03. The predicted molar refractivity (Wildman–Crippen MR) is 140 cm³/mol. The molecule has 1 amide bonds. The lowest BCUT2D eigenvalue weighted by molar-refractivity contribution is 0.0939. The van der Waals surface area contributed by atoms with E-state index in [1.165, 1.54) is 17.1 Å². The minimum Gasteiger partial charge on any atom is -0.404 e. The zero-order valence-electron chi connectivity index (χ0n) is 19.6. The normalized spacial score (nSPS) is 15.3. The zero-order chi connectivity index (χ0) is 24.9. The number of rotatable bonds is 7. The number of fused-ring (bicyclic) bond motifs is 1. The van der Waals surface area contributed by atoms with E-state index < -0.39 is 0 Å². The van der Waals surface area contributed by atoms with Crippen molar-refractivity contribution >= 4 is 39.2 Å². The number of hydrogen-bond donors (Lipinski definition) is 3. The number of benzene rings is 2. The smallest absolute Gasteiger partial charge is 0.261 e. The van der Waals surface area contributed by atoms with Gasteiger partial charge in [0.2, 0.25) is 0 Å². The third-order valence-corrected chi connectivity index (χ3v) is 6.67. The molecule has 3 aromatic rings. The zero-order valence-corrected chi connectivity index (χ0v) is 20.4. The number of likely N-dealkylation sites (tertiary alicyclic amines) is 1. The van der Waals surface area contributed by atoms with Crippen LogP contribution in [0, 0.1) is 11.3 Å². The summed E-state index contributed by atoms with van der Waals surface area (Å²) in [5.41, 5.74) is 8.26. The molecule has 0 bridgehead atoms. The van der Waals surface area contributed by atoms with Crippen molar-refractivity contribution in [3.05, 3.63) is 82.0 Å². The largest absolute Gasteiger partial charge is 0.404 e. The highest BCUT2D eigenvalue weighted by atomic mass is 35.5. The molecule has 0 saturated carbocycles. The molecular weight excluding hydrogens is 464 g/mol. The maximum atomic E-state index is 13.1. The number of hydrogen-bond acceptors (Lipinski definition) is 6. The number of aromatic nitrogens is 2. The Bertz CT molecular complexity index is 1340. The third kappa shape index (κ3) is 5.78. The first kappa shape index (κ1) is 24.6. The molecule has 1 saturated heterocycles. The Labute approximate surface area is 208 Å². The number of nitrogens with zero attached hydrogens (tertiary/aromatic N) is 3. The Morgan fingerprint density at radius 3 is 2.71 bits per heavy atom. The van der Waals surface area contributed by atoms with Crippen LogP contribution in [-0.2, 0) is 6.54 Å². The van der Waals surface area contributed by atoms with Gasteiger partial charge >= 0.3 is 0 Å². The van der Waals surface area contributed by atoms with E-state index in [2.05, 4.69) is 22.2 Å². The van der Waals surface area contributed by atoms with Gasteiger partial charge in [0.15, 0.2) is 0 Å². The number of carbonyl (C=O) groups excluding carboxylic acids is 1. The van der Waals surface area contributed by atoms with E-state index in [1.54, 1.807) is 24.3 Å². The van der Waals surface area contributed by atoms with Crippen molar-refractivity contribution in [1.29, 1.82) is 5.41 Å². The molecule has 35 heavy (non-hydrogen) atoms. The van der Waals surface area contributed by atoms with Gasteiger partial charge in [-0.05, 0) is 74.3 Å². The number of carbonyl (C=O) groups is 1. The van der Waals surface area contributed by atoms with Crippen molar-refractivity contribution in [3.8, 4) is 0 Å². The van der Waals surface area contributed by atoms with E-state index in [-0.39, 0.29) is 16.6 Å². The molecule has 4 rings (SSSR count). The molecule has 2 aromatic carbocycles. The van der Waals surface area contributed by atoms with Crippen molar-refractivity contribution < 1.29 is 4.79 Å². The second-order valence-corrected chi connectivity index (χ2v) is 9.34. The summed E-state index contributed by atoms with van der Waals surface area (Å²) >= 11 is 5.79. The van der Waals surface area contributed by atoms with Crippen molar-refractivity contribution in [2.24, 2.45) is 11.7 Å². The third-order valence-electron chi connectivity index (χ3n) is 6.47. The molecule has 4 N–H and O–H groups in total. The van der Waals surface area contributed by atoms with Gasteiger partial charge in [0.25, 0.3) is 11.5 Å². The molecule has 0 atom stereocenters. The molecule has 0 aliphatic carbocycles. The molecule has 1 aliphatic heterocycles. The number of allylic oxidation sites excluding steroid dienone is 1. The summed E-state index contributed by atoms with van der Waals surface area (Å²) in [6, 6.07) is 12.4. The summed E-state index contributed by atoms with van der Waals surface area (Å²) in [5.74, 6) is 0.406. The van der Waals surface area contributed by atoms with Gasteiger partial charge in [-0.25, -0.2) is 4.98 Å². The van der Waals surface area contributed by atoms with Crippen LogP contribution in [0.3, 0.4) is 0 Å². The van der Waals surface area contributed by atoms with Gasteiger partial charge in [0.05, 0.1) is 23.8 Å². The molecule has 2 heterocycles. The summed E-state index contributed by atoms with van der Waals surface area (Å²) in [6.07, 6.45) is 4.93. The molecule has 1 aromatic heterocycles. The van der Waals surface area contributed by atoms with Crippen LogP contribution in [0.1, 0.15) is 34.3 Å². The SMILES string of the molecule is CN1CCC(CNC(=O)c2cccc(Cn3cnc4cc(/C(=C/N)C(=N)Cl)ccc4c3=O)c2)CC1. The lowest BCUT2D eigenvalue weighted by Gasteiger charge is -2.28. The number of amides is 1. The lowest BCUT2D eigenvalue weighted by atomic mass is 9.97. The Hall–Kier alpha value is -3.49. The highest BCUT2D eigenvalue weighted by molar-refractivity contribution is 6.75. The lowest BCUT2D eigenvalue weighted by Crippen LogP contribution is -2.36. The minimum absolute atomic E-state index is 0.101. The molecule has 8 nitrogen and oxygen atoms in total. The van der Waals surface area contributed by atoms with Crippen molar-refractivity contribution in [2.45, 2.75) is 19.4 Å². The van der Waals surface area contributed by atoms with Gasteiger partial charge in [-0.15, -0.1) is 0 Å². The number of nitrogens with two attached hydrogens (primary N) is 1. The van der Waals surface area contributed by atoms with Gasteiger partial charge in [0.1, 0.15) is 5.17 Å². The molecule has 1 fully saturated rings. The summed E-state index contributed by atoms with van der Waals surface area (Å²) < 4.78 is 1.51. The van der Waals surface area contributed by atoms with Crippen LogP contribution in [0.15, 0.2) is 59.8 Å². The first-order chi connectivity index (χ1) is 16.9. The van der Waals surface area contributed by atoms with E-state index in [0.717, 1.165) is 31.5 Å². The van der Waals surface area contributed by atoms with Crippen molar-refractivity contribution in [2.75, 3.05) is 26.7 Å². The Morgan fingerprint density at radius 2 is 2.00 bits per heavy atom. The van der Waals surface area contributed by atoms with Gasteiger partial charge in [0, 0.05) is 23.9 Å². The number of halogens is 1. The van der Waals surface area contributed by atoms with Gasteiger partial charge in [-0.3, -0.25) is 19.6 Å². The van der Waals surface area contributed by atoms with E-state index in [4.69, 9.17) is 22.7 Å². The Morgan fingerprint density at radius 1 is 1.23 bits per heavy atom. The molecule has 1 aliphatic rings. The Kier molecular flexibility index (Phi) is 7.63. The number of piperidine rings is 1. The molecule has 9 heteroatoms. The highest BCUT2D eigenvalue weighted by Gasteiger charge is 2.18. The van der Waals surface area contributed by atoms with Crippen LogP contribution in [-0.4, -0.2) is 52.2 Å². The number of nitrogens with one attached hydrogen (secondary N) is 2. The van der Waals surface area contributed by atoms with Gasteiger partial charge < -0.3 is 16.0 Å². The summed E-state index contributed by atoms with van der Waals surface area (Å²) in [7, 11) is 2.12. The minimum atomic E-state index is -0.196. The van der Waals surface area contributed by atoms with Gasteiger partial charge in [-0.2, -0.15) is 0 Å². The van der Waals surface area contributed by atoms with E-state index in [9.17, 15) is 9.59 Å². The summed E-state index contributed by atoms with van der Waals surface area (Å²) in [6.45, 7) is 3.09. The van der Waals surface area contributed by atoms with E-state index in [0.29, 0.717) is 46.6 Å². The topological polar surface area (TPSA) is 117 Å². The first-order valence-electron chi connectivity index (χ1n) is 11.6. The fourth-order valence-corrected chi connectivity index (χ4v) is 4.52. The second kappa shape index (κ2) is 10.8. The summed E-state index contributed by atoms with van der Waals surface area (Å²) in [5, 5.41) is 11.0. The van der Waals surface area contributed by atoms with Crippen LogP contribution in [0.25, 0.3) is 16.5 Å². The molecule has 0 radical (unpaired) electrons. The average molecular weight is 493 g/mol. The molecule has 182 valence electrons. The Balaban J connectivity index is 1.48. The van der Waals surface area contributed by atoms with Gasteiger partial charge in [-0.1, -0.05) is 29.8 Å². The molecular formula is C26H29ClN6O2. The van der Waals surface area contributed by atoms with Crippen molar-refractivity contribution in [3.63, 3.8) is 0 Å². The molecule has 0 spiro atoms. The standard InChI is InChI=1S/C26H29ClN6O2/c1-32-9-7-17(8-10-32)14-30-25(34)20-4-2-3-18(11-20)15-33-16-31-23-12-19(22(13-28)24(27)29)5-6-21(23)26(33)35/h2-6,11-13,16-17,29H,7-10,14-15,28H2,1H3,(H,30,34)/b22-13-,29-24?. The van der Waals surface area contributed by atoms with Crippen LogP contribution >= 0.6 is 11.6 Å².